The Morgan fingerprint density at radius 1 is 0.943 bits per heavy atom. The number of hydrogen-bond donors (Lipinski definition) is 3. The summed E-state index contributed by atoms with van der Waals surface area (Å²) in [5.74, 6) is 1.15. The van der Waals surface area contributed by atoms with Crippen LogP contribution < -0.4 is 5.32 Å². The molecule has 2 bridgehead atoms. The van der Waals surface area contributed by atoms with Gasteiger partial charge in [-0.25, -0.2) is 14.8 Å². The van der Waals surface area contributed by atoms with Gasteiger partial charge in [0.1, 0.15) is 22.8 Å². The van der Waals surface area contributed by atoms with E-state index in [1.54, 1.807) is 4.90 Å². The summed E-state index contributed by atoms with van der Waals surface area (Å²) in [5.41, 5.74) is 7.69. The van der Waals surface area contributed by atoms with E-state index < -0.39 is 11.9 Å². The summed E-state index contributed by atoms with van der Waals surface area (Å²) in [5, 5.41) is 5.15. The smallest absolute Gasteiger partial charge is 0.407 e. The van der Waals surface area contributed by atoms with Crippen LogP contribution >= 0.6 is 0 Å². The van der Waals surface area contributed by atoms with Crippen molar-refractivity contribution in [2.45, 2.75) is 57.0 Å². The van der Waals surface area contributed by atoms with Gasteiger partial charge >= 0.3 is 6.09 Å². The van der Waals surface area contributed by atoms with Crippen molar-refractivity contribution in [3.63, 3.8) is 0 Å². The van der Waals surface area contributed by atoms with Crippen LogP contribution in [-0.4, -0.2) is 94.0 Å². The SMILES string of the molecule is COC(=O)NC(CN1CCCC1c1ncc(-c2ccc(-c3ccc(-c4cnc(C5CC6(CN5C=O)OCCO6)[nH]4)cc3)c3c4ccc(o4)c23)[nH]1)C(C)C. The predicted molar refractivity (Wildman–Crippen MR) is 198 cm³/mol. The van der Waals surface area contributed by atoms with Crippen molar-refractivity contribution in [3.8, 4) is 33.6 Å². The molecule has 0 aliphatic carbocycles. The summed E-state index contributed by atoms with van der Waals surface area (Å²) in [6, 6.07) is 16.6. The van der Waals surface area contributed by atoms with Crippen molar-refractivity contribution >= 4 is 34.4 Å². The minimum atomic E-state index is -0.746. The molecule has 0 saturated carbocycles. The molecule has 3 unspecified atom stereocenters. The Labute approximate surface area is 306 Å². The number of nitrogens with zero attached hydrogens (tertiary/aromatic N) is 4. The normalized spacial score (nSPS) is 20.8. The first-order chi connectivity index (χ1) is 25.8. The molecule has 3 N–H and O–H groups in total. The summed E-state index contributed by atoms with van der Waals surface area (Å²) in [4.78, 5) is 44.7. The van der Waals surface area contributed by atoms with Gasteiger partial charge in [0.05, 0.1) is 62.7 Å². The Morgan fingerprint density at radius 3 is 2.32 bits per heavy atom. The monoisotopic (exact) mass is 717 g/mol. The lowest BCUT2D eigenvalue weighted by Crippen LogP contribution is -2.46. The number of methoxy groups -OCH3 is 1. The number of imidazole rings is 2. The molecule has 3 aliphatic heterocycles. The van der Waals surface area contributed by atoms with E-state index in [1.165, 1.54) is 7.11 Å². The molecule has 2 aromatic carbocycles. The summed E-state index contributed by atoms with van der Waals surface area (Å²) < 4.78 is 22.9. The number of nitrogens with one attached hydrogen (secondary N) is 3. The molecule has 3 saturated heterocycles. The standard InChI is InChI=1S/C40H43N7O6/c1-23(2)30(45-39(49)50-3)20-46-14-4-5-31(46)37-42-19-29(44-37)27-11-10-26(35-33-12-13-34(53-33)36(27)35)24-6-8-25(9-7-24)28-18-41-38(43-28)32-17-40(21-47(32)22-48)51-15-16-52-40/h6-13,18-19,22-23,30-32H,4-5,14-17,20-21H2,1-3H3,(H,41,43)(H,42,44)(H,45,49). The molecule has 3 aliphatic rings. The molecular formula is C40H43N7O6. The van der Waals surface area contributed by atoms with E-state index in [9.17, 15) is 9.59 Å². The number of aromatic nitrogens is 4. The number of H-pyrrole nitrogens is 2. The highest BCUT2D eigenvalue weighted by Crippen LogP contribution is 2.45. The van der Waals surface area contributed by atoms with Crippen LogP contribution in [0.5, 0.6) is 0 Å². The number of hydrogen-bond acceptors (Lipinski definition) is 9. The molecule has 274 valence electrons. The van der Waals surface area contributed by atoms with Gasteiger partial charge in [-0.05, 0) is 54.1 Å². The molecule has 7 heterocycles. The second-order valence-electron chi connectivity index (χ2n) is 14.8. The molecule has 13 nitrogen and oxygen atoms in total. The summed E-state index contributed by atoms with van der Waals surface area (Å²) in [6.45, 7) is 7.34. The third-order valence-electron chi connectivity index (χ3n) is 11.3. The molecule has 53 heavy (non-hydrogen) atoms. The number of aromatic amines is 2. The van der Waals surface area contributed by atoms with E-state index in [0.717, 1.165) is 93.7 Å². The van der Waals surface area contributed by atoms with Gasteiger partial charge in [0.25, 0.3) is 0 Å². The topological polar surface area (TPSA) is 151 Å². The van der Waals surface area contributed by atoms with Crippen LogP contribution in [0.15, 0.2) is 65.3 Å². The number of alkyl carbamates (subject to hydrolysis) is 1. The molecular weight excluding hydrogens is 674 g/mol. The number of rotatable bonds is 10. The minimum Gasteiger partial charge on any atom is -0.456 e. The molecule has 0 radical (unpaired) electrons. The molecule has 2 amide bonds. The van der Waals surface area contributed by atoms with Crippen LogP contribution in [0.2, 0.25) is 0 Å². The maximum absolute atomic E-state index is 12.0. The quantitative estimate of drug-likeness (QED) is 0.133. The third-order valence-corrected chi connectivity index (χ3v) is 11.3. The van der Waals surface area contributed by atoms with Crippen LogP contribution in [0.3, 0.4) is 0 Å². The highest BCUT2D eigenvalue weighted by molar-refractivity contribution is 6.19. The van der Waals surface area contributed by atoms with Crippen LogP contribution in [0.4, 0.5) is 4.79 Å². The number of amides is 2. The molecule has 1 spiro atoms. The van der Waals surface area contributed by atoms with E-state index in [4.69, 9.17) is 23.6 Å². The lowest BCUT2D eigenvalue weighted by molar-refractivity contribution is -0.148. The number of carbonyl (C=O) groups is 2. The highest BCUT2D eigenvalue weighted by atomic mass is 16.7. The fourth-order valence-corrected chi connectivity index (χ4v) is 8.49. The lowest BCUT2D eigenvalue weighted by Gasteiger charge is -2.30. The Morgan fingerprint density at radius 2 is 1.60 bits per heavy atom. The summed E-state index contributed by atoms with van der Waals surface area (Å²) in [6.07, 6.45) is 6.78. The zero-order valence-corrected chi connectivity index (χ0v) is 30.1. The number of ether oxygens (including phenoxy) is 3. The van der Waals surface area contributed by atoms with Gasteiger partial charge in [0, 0.05) is 35.3 Å². The number of furan rings is 2. The van der Waals surface area contributed by atoms with Crippen LogP contribution in [0.1, 0.15) is 56.8 Å². The average molecular weight is 718 g/mol. The van der Waals surface area contributed by atoms with Gasteiger partial charge in [-0.2, -0.15) is 0 Å². The van der Waals surface area contributed by atoms with Crippen molar-refractivity contribution in [1.29, 1.82) is 0 Å². The summed E-state index contributed by atoms with van der Waals surface area (Å²) in [7, 11) is 1.40. The average Bonchev–Trinajstić information content (AvgIpc) is 4.03. The van der Waals surface area contributed by atoms with Gasteiger partial charge in [-0.1, -0.05) is 50.2 Å². The van der Waals surface area contributed by atoms with Crippen LogP contribution in [-0.2, 0) is 19.0 Å². The van der Waals surface area contributed by atoms with E-state index >= 15 is 0 Å². The van der Waals surface area contributed by atoms with E-state index in [1.807, 2.05) is 24.5 Å². The molecule has 6 aromatic rings. The third kappa shape index (κ3) is 5.92. The second-order valence-corrected chi connectivity index (χ2v) is 14.8. The van der Waals surface area contributed by atoms with Crippen molar-refractivity contribution < 1.29 is 28.2 Å². The molecule has 13 heteroatoms. The van der Waals surface area contributed by atoms with Crippen molar-refractivity contribution in [2.24, 2.45) is 5.92 Å². The Bertz CT molecular complexity index is 2250. The van der Waals surface area contributed by atoms with Crippen molar-refractivity contribution in [3.05, 3.63) is 72.6 Å². The predicted octanol–water partition coefficient (Wildman–Crippen LogP) is 6.63. The largest absolute Gasteiger partial charge is 0.456 e. The fraction of sp³-hybridized carbons (Fsp3) is 0.400. The van der Waals surface area contributed by atoms with Gasteiger partial charge in [-0.3, -0.25) is 9.69 Å². The maximum Gasteiger partial charge on any atom is 0.407 e. The Hall–Kier alpha value is -5.24. The van der Waals surface area contributed by atoms with Crippen molar-refractivity contribution in [2.75, 3.05) is 40.0 Å². The Kier molecular flexibility index (Phi) is 8.44. The second kappa shape index (κ2) is 13.3. The lowest BCUT2D eigenvalue weighted by atomic mass is 9.93. The van der Waals surface area contributed by atoms with Crippen LogP contribution in [0, 0.1) is 5.92 Å². The number of likely N-dealkylation sites (tertiary alicyclic amines) is 2. The van der Waals surface area contributed by atoms with Gasteiger partial charge < -0.3 is 38.8 Å². The Balaban J connectivity index is 0.966. The van der Waals surface area contributed by atoms with Gasteiger partial charge in [-0.15, -0.1) is 0 Å². The zero-order valence-electron chi connectivity index (χ0n) is 30.1. The van der Waals surface area contributed by atoms with E-state index in [0.29, 0.717) is 32.0 Å². The summed E-state index contributed by atoms with van der Waals surface area (Å²) >= 11 is 0. The molecule has 3 atom stereocenters. The van der Waals surface area contributed by atoms with Gasteiger partial charge in [0.15, 0.2) is 5.79 Å². The molecule has 3 fully saturated rings. The van der Waals surface area contributed by atoms with E-state index in [-0.39, 0.29) is 24.0 Å². The van der Waals surface area contributed by atoms with E-state index in [2.05, 4.69) is 75.4 Å². The maximum atomic E-state index is 12.0. The molecule has 9 rings (SSSR count). The first-order valence-electron chi connectivity index (χ1n) is 18.4. The first kappa shape index (κ1) is 33.6. The van der Waals surface area contributed by atoms with Crippen LogP contribution in [0.25, 0.3) is 55.6 Å². The number of carbonyl (C=O) groups excluding carboxylic acids is 2. The van der Waals surface area contributed by atoms with Crippen molar-refractivity contribution in [1.82, 2.24) is 35.1 Å². The highest BCUT2D eigenvalue weighted by Gasteiger charge is 2.49. The zero-order chi connectivity index (χ0) is 36.3. The number of fused-ring (bicyclic) bond motifs is 5. The fourth-order valence-electron chi connectivity index (χ4n) is 8.49. The first-order valence-corrected chi connectivity index (χ1v) is 18.4. The molecule has 4 aromatic heterocycles. The number of benzene rings is 3. The van der Waals surface area contributed by atoms with Gasteiger partial charge in [0.2, 0.25) is 6.41 Å². The minimum absolute atomic E-state index is 0.0335.